The second-order valence-electron chi connectivity index (χ2n) is 1.07. The lowest BCUT2D eigenvalue weighted by atomic mass is 10.6. The number of hydrogen-bond acceptors (Lipinski definition) is 0. The molecule has 0 aliphatic carbocycles. The predicted molar refractivity (Wildman–Crippen MR) is 29.7 cm³/mol. The van der Waals surface area contributed by atoms with Gasteiger partial charge in [-0.3, -0.25) is 0 Å². The second kappa shape index (κ2) is 4.78. The van der Waals surface area contributed by atoms with Crippen molar-refractivity contribution in [3.8, 4) is 12.0 Å². The van der Waals surface area contributed by atoms with Crippen LogP contribution in [0.3, 0.4) is 0 Å². The van der Waals surface area contributed by atoms with E-state index in [-0.39, 0.29) is 0 Å². The molecule has 0 aromatic heterocycles. The molecule has 0 spiro atoms. The molecule has 0 saturated carbocycles. The second-order valence-corrected chi connectivity index (χ2v) is 2.21. The minimum atomic E-state index is 0.743. The number of terminal acetylenes is 1. The van der Waals surface area contributed by atoms with Crippen LogP contribution in [-0.2, 0) is 0 Å². The Hall–Kier alpha value is -0.223. The lowest BCUT2D eigenvalue weighted by Crippen LogP contribution is -1.78. The normalized spacial score (nSPS) is 7.33. The maximum absolute atomic E-state index is 4.98. The summed E-state index contributed by atoms with van der Waals surface area (Å²) in [6, 6.07) is 1.20. The summed E-state index contributed by atoms with van der Waals surface area (Å²) < 4.78 is 0. The van der Waals surface area contributed by atoms with Crippen LogP contribution >= 0.6 is 0 Å². The first-order chi connectivity index (χ1) is 2.91. The third-order valence-corrected chi connectivity index (χ3v) is 1.43. The van der Waals surface area contributed by atoms with Gasteiger partial charge in [-0.05, 0) is 6.04 Å². The van der Waals surface area contributed by atoms with E-state index in [0.29, 0.717) is 0 Å². The van der Waals surface area contributed by atoms with Crippen molar-refractivity contribution in [1.29, 1.82) is 0 Å². The van der Waals surface area contributed by atoms with E-state index < -0.39 is 0 Å². The molecular weight excluding hydrogens is 88.1 g/mol. The van der Waals surface area contributed by atoms with Gasteiger partial charge in [-0.25, -0.2) is 0 Å². The van der Waals surface area contributed by atoms with Crippen molar-refractivity contribution in [2.24, 2.45) is 0 Å². The van der Waals surface area contributed by atoms with Gasteiger partial charge in [-0.15, -0.1) is 12.0 Å². The average molecular weight is 96.2 g/mol. The first-order valence-corrected chi connectivity index (χ1v) is 3.31. The summed E-state index contributed by atoms with van der Waals surface area (Å²) in [6.45, 7) is 2.14. The van der Waals surface area contributed by atoms with Crippen LogP contribution in [0, 0.1) is 12.0 Å². The lowest BCUT2D eigenvalue weighted by molar-refractivity contribution is 1.08. The Kier molecular flexibility index (Phi) is 4.60. The highest BCUT2D eigenvalue weighted by atomic mass is 28.2. The Morgan fingerprint density at radius 2 is 2.50 bits per heavy atom. The summed E-state index contributed by atoms with van der Waals surface area (Å²) >= 11 is 0. The van der Waals surface area contributed by atoms with Crippen LogP contribution in [0.5, 0.6) is 0 Å². The fraction of sp³-hybridized carbons (Fsp3) is 0.600. The smallest absolute Gasteiger partial charge is 0.139 e. The average Bonchev–Trinajstić information content (AvgIpc) is 1.61. The maximum atomic E-state index is 4.98. The zero-order valence-electron chi connectivity index (χ0n) is 3.99. The Morgan fingerprint density at radius 3 is 2.67 bits per heavy atom. The summed E-state index contributed by atoms with van der Waals surface area (Å²) in [5.74, 6) is 0. The quantitative estimate of drug-likeness (QED) is 0.274. The summed E-state index contributed by atoms with van der Waals surface area (Å²) in [5.41, 5.74) is 2.60. The molecule has 0 aliphatic rings. The highest BCUT2D eigenvalue weighted by molar-refractivity contribution is 6.45. The van der Waals surface area contributed by atoms with Gasteiger partial charge >= 0.3 is 0 Å². The summed E-state index contributed by atoms with van der Waals surface area (Å²) in [6.07, 6.45) is 6.20. The molecule has 0 N–H and O–H groups in total. The van der Waals surface area contributed by atoms with Crippen LogP contribution in [0.25, 0.3) is 0 Å². The predicted octanol–water partition coefficient (Wildman–Crippen LogP) is 1.11. The van der Waals surface area contributed by atoms with Gasteiger partial charge < -0.3 is 0 Å². The molecule has 0 bridgehead atoms. The molecule has 0 fully saturated rings. The first-order valence-electron chi connectivity index (χ1n) is 2.10. The monoisotopic (exact) mass is 96.0 g/mol. The SMILES string of the molecule is C#C[Si]CCC. The van der Waals surface area contributed by atoms with Crippen molar-refractivity contribution < 1.29 is 0 Å². The van der Waals surface area contributed by atoms with Crippen molar-refractivity contribution in [3.05, 3.63) is 0 Å². The van der Waals surface area contributed by atoms with Gasteiger partial charge in [-0.1, -0.05) is 13.3 Å². The Labute approximate surface area is 41.8 Å². The molecule has 0 nitrogen and oxygen atoms in total. The summed E-state index contributed by atoms with van der Waals surface area (Å²) in [5, 5.41) is 0. The highest BCUT2D eigenvalue weighted by Crippen LogP contribution is 1.80. The fourth-order valence-corrected chi connectivity index (χ4v) is 0.592. The van der Waals surface area contributed by atoms with Crippen LogP contribution in [0.2, 0.25) is 6.04 Å². The standard InChI is InChI=1S/C5H8Si/c1-3-5-6-4-2/h2H,3,5H2,1H3. The van der Waals surface area contributed by atoms with Gasteiger partial charge in [0.05, 0.1) is 0 Å². The lowest BCUT2D eigenvalue weighted by Gasteiger charge is -1.77. The van der Waals surface area contributed by atoms with Crippen LogP contribution in [0.4, 0.5) is 0 Å². The highest BCUT2D eigenvalue weighted by Gasteiger charge is 1.75. The molecule has 0 aromatic rings. The molecule has 0 saturated heterocycles. The number of hydrogen-bond donors (Lipinski definition) is 0. The minimum Gasteiger partial charge on any atom is -0.139 e. The van der Waals surface area contributed by atoms with Crippen LogP contribution in [0.15, 0.2) is 0 Å². The van der Waals surface area contributed by atoms with Crippen molar-refractivity contribution in [2.45, 2.75) is 19.4 Å². The van der Waals surface area contributed by atoms with Gasteiger partial charge in [-0.2, -0.15) is 0 Å². The van der Waals surface area contributed by atoms with E-state index in [2.05, 4.69) is 12.5 Å². The van der Waals surface area contributed by atoms with Crippen molar-refractivity contribution in [1.82, 2.24) is 0 Å². The first kappa shape index (κ1) is 5.78. The molecule has 0 aromatic carbocycles. The molecule has 0 atom stereocenters. The zero-order chi connectivity index (χ0) is 4.83. The fourth-order valence-electron chi connectivity index (χ4n) is 0.197. The van der Waals surface area contributed by atoms with E-state index in [1.807, 2.05) is 0 Å². The topological polar surface area (TPSA) is 0 Å². The molecule has 0 heterocycles. The Bertz CT molecular complexity index is 51.4. The molecular formula is C5H8Si. The van der Waals surface area contributed by atoms with Crippen LogP contribution < -0.4 is 0 Å². The molecule has 0 aliphatic heterocycles. The molecule has 2 radical (unpaired) electrons. The Morgan fingerprint density at radius 1 is 1.83 bits per heavy atom. The third kappa shape index (κ3) is 3.78. The van der Waals surface area contributed by atoms with Gasteiger partial charge in [0.25, 0.3) is 0 Å². The summed E-state index contributed by atoms with van der Waals surface area (Å²) in [4.78, 5) is 0. The van der Waals surface area contributed by atoms with E-state index in [9.17, 15) is 0 Å². The van der Waals surface area contributed by atoms with E-state index in [1.54, 1.807) is 0 Å². The zero-order valence-corrected chi connectivity index (χ0v) is 4.99. The summed E-state index contributed by atoms with van der Waals surface area (Å²) in [7, 11) is 0.743. The minimum absolute atomic E-state index is 0.743. The van der Waals surface area contributed by atoms with Gasteiger partial charge in [0.2, 0.25) is 0 Å². The van der Waals surface area contributed by atoms with E-state index in [1.165, 1.54) is 12.5 Å². The van der Waals surface area contributed by atoms with Gasteiger partial charge in [0.15, 0.2) is 0 Å². The molecule has 0 amide bonds. The van der Waals surface area contributed by atoms with E-state index in [4.69, 9.17) is 6.42 Å². The maximum Gasteiger partial charge on any atom is 0.147 e. The Balaban J connectivity index is 2.54. The van der Waals surface area contributed by atoms with Gasteiger partial charge in [0.1, 0.15) is 9.52 Å². The van der Waals surface area contributed by atoms with Crippen LogP contribution in [0.1, 0.15) is 13.3 Å². The third-order valence-electron chi connectivity index (χ3n) is 0.477. The molecule has 0 unspecified atom stereocenters. The van der Waals surface area contributed by atoms with Gasteiger partial charge in [0, 0.05) is 0 Å². The molecule has 6 heavy (non-hydrogen) atoms. The van der Waals surface area contributed by atoms with Crippen LogP contribution in [-0.4, -0.2) is 9.52 Å². The largest absolute Gasteiger partial charge is 0.147 e. The number of rotatable bonds is 2. The van der Waals surface area contributed by atoms with Crippen molar-refractivity contribution in [3.63, 3.8) is 0 Å². The van der Waals surface area contributed by atoms with E-state index >= 15 is 0 Å². The molecule has 1 heteroatoms. The van der Waals surface area contributed by atoms with Crippen molar-refractivity contribution in [2.75, 3.05) is 0 Å². The molecule has 32 valence electrons. The molecule has 0 rings (SSSR count). The van der Waals surface area contributed by atoms with E-state index in [0.717, 1.165) is 9.52 Å². The van der Waals surface area contributed by atoms with Crippen molar-refractivity contribution >= 4 is 9.52 Å².